The first-order valence-electron chi connectivity index (χ1n) is 6.74. The largest absolute Gasteiger partial charge is 0.375 e. The van der Waals surface area contributed by atoms with Gasteiger partial charge in [-0.15, -0.1) is 0 Å². The highest BCUT2D eigenvalue weighted by Gasteiger charge is 2.24. The van der Waals surface area contributed by atoms with E-state index in [1.807, 2.05) is 6.92 Å². The zero-order valence-corrected chi connectivity index (χ0v) is 11.6. The quantitative estimate of drug-likeness (QED) is 0.567. The van der Waals surface area contributed by atoms with Gasteiger partial charge in [-0.2, -0.15) is 4.98 Å². The molecule has 7 heteroatoms. The number of carbonyl (C=O) groups excluding carboxylic acids is 1. The fraction of sp³-hybridized carbons (Fsp3) is 0.615. The van der Waals surface area contributed by atoms with Crippen LogP contribution in [0.2, 0.25) is 0 Å². The number of hydrogen-bond acceptors (Lipinski definition) is 6. The lowest BCUT2D eigenvalue weighted by molar-refractivity contribution is 0.0913. The van der Waals surface area contributed by atoms with Crippen molar-refractivity contribution in [3.63, 3.8) is 0 Å². The van der Waals surface area contributed by atoms with Gasteiger partial charge >= 0.3 is 0 Å². The number of nitrogens with zero attached hydrogens (tertiary/aromatic N) is 2. The van der Waals surface area contributed by atoms with Gasteiger partial charge in [-0.25, -0.2) is 0 Å². The second-order valence-corrected chi connectivity index (χ2v) is 4.87. The Morgan fingerprint density at radius 1 is 1.65 bits per heavy atom. The molecule has 1 amide bonds. The Bertz CT molecular complexity index is 466. The van der Waals surface area contributed by atoms with E-state index < -0.39 is 0 Å². The van der Waals surface area contributed by atoms with Crippen LogP contribution >= 0.6 is 0 Å². The average molecular weight is 280 g/mol. The minimum Gasteiger partial charge on any atom is -0.375 e. The van der Waals surface area contributed by atoms with Crippen molar-refractivity contribution in [2.45, 2.75) is 25.8 Å². The monoisotopic (exact) mass is 280 g/mol. The van der Waals surface area contributed by atoms with Crippen LogP contribution in [0.1, 0.15) is 42.3 Å². The van der Waals surface area contributed by atoms with Gasteiger partial charge in [0, 0.05) is 6.54 Å². The molecule has 0 saturated carbocycles. The van der Waals surface area contributed by atoms with Crippen molar-refractivity contribution >= 4 is 5.91 Å². The predicted molar refractivity (Wildman–Crippen MR) is 72.2 cm³/mol. The molecule has 0 spiro atoms. The number of rotatable bonds is 7. The molecule has 0 aliphatic carbocycles. The topological polar surface area (TPSA) is 89.3 Å². The molecule has 0 bridgehead atoms. The number of ether oxygens (including phenoxy) is 1. The van der Waals surface area contributed by atoms with Crippen molar-refractivity contribution in [1.82, 2.24) is 20.8 Å². The molecular formula is C13H20N4O3. The van der Waals surface area contributed by atoms with Gasteiger partial charge < -0.3 is 19.9 Å². The van der Waals surface area contributed by atoms with Crippen LogP contribution in [-0.2, 0) is 4.74 Å². The summed E-state index contributed by atoms with van der Waals surface area (Å²) in [7, 11) is 0. The predicted octanol–water partition coefficient (Wildman–Crippen LogP) is 0.817. The van der Waals surface area contributed by atoms with Gasteiger partial charge in [0.15, 0.2) is 0 Å². The Morgan fingerprint density at radius 2 is 2.50 bits per heavy atom. The third-order valence-corrected chi connectivity index (χ3v) is 2.88. The molecule has 1 aliphatic rings. The van der Waals surface area contributed by atoms with E-state index in [1.165, 1.54) is 0 Å². The van der Waals surface area contributed by atoms with E-state index in [9.17, 15) is 4.79 Å². The first kappa shape index (κ1) is 14.7. The molecule has 0 aromatic carbocycles. The summed E-state index contributed by atoms with van der Waals surface area (Å²) >= 11 is 0. The minimum absolute atomic E-state index is 0.0635. The van der Waals surface area contributed by atoms with E-state index in [4.69, 9.17) is 9.26 Å². The molecule has 2 heterocycles. The average Bonchev–Trinajstić information content (AvgIpc) is 3.08. The molecule has 1 atom stereocenters. The smallest absolute Gasteiger partial charge is 0.292 e. The standard InChI is InChI=1S/C13H20N4O3/c1-9(2)8-19-7-6-15-12(18)11-16-13(20-17-11)10-4-3-5-14-10/h10,14H,1,3-8H2,2H3,(H,15,18). The van der Waals surface area contributed by atoms with Crippen LogP contribution in [0.25, 0.3) is 0 Å². The second-order valence-electron chi connectivity index (χ2n) is 4.87. The fourth-order valence-electron chi connectivity index (χ4n) is 1.93. The maximum absolute atomic E-state index is 11.8. The van der Waals surface area contributed by atoms with Crippen LogP contribution in [0.3, 0.4) is 0 Å². The van der Waals surface area contributed by atoms with Gasteiger partial charge in [-0.3, -0.25) is 4.79 Å². The van der Waals surface area contributed by atoms with Gasteiger partial charge in [0.1, 0.15) is 0 Å². The van der Waals surface area contributed by atoms with Crippen LogP contribution in [0.15, 0.2) is 16.7 Å². The third kappa shape index (κ3) is 4.14. The number of hydrogen-bond donors (Lipinski definition) is 2. The molecule has 1 aliphatic heterocycles. The van der Waals surface area contributed by atoms with Crippen molar-refractivity contribution in [3.05, 3.63) is 23.9 Å². The number of carbonyl (C=O) groups is 1. The molecule has 20 heavy (non-hydrogen) atoms. The van der Waals surface area contributed by atoms with Crippen LogP contribution in [0.4, 0.5) is 0 Å². The third-order valence-electron chi connectivity index (χ3n) is 2.88. The first-order chi connectivity index (χ1) is 9.66. The van der Waals surface area contributed by atoms with Gasteiger partial charge in [0.05, 0.1) is 19.3 Å². The molecule has 7 nitrogen and oxygen atoms in total. The van der Waals surface area contributed by atoms with Crippen molar-refractivity contribution < 1.29 is 14.1 Å². The van der Waals surface area contributed by atoms with Crippen LogP contribution < -0.4 is 10.6 Å². The van der Waals surface area contributed by atoms with Gasteiger partial charge in [0.25, 0.3) is 11.7 Å². The van der Waals surface area contributed by atoms with Gasteiger partial charge in [-0.1, -0.05) is 17.3 Å². The van der Waals surface area contributed by atoms with Gasteiger partial charge in [-0.05, 0) is 26.3 Å². The van der Waals surface area contributed by atoms with Crippen molar-refractivity contribution in [2.24, 2.45) is 0 Å². The highest BCUT2D eigenvalue weighted by Crippen LogP contribution is 2.20. The van der Waals surface area contributed by atoms with E-state index in [0.717, 1.165) is 25.0 Å². The van der Waals surface area contributed by atoms with Crippen LogP contribution in [0, 0.1) is 0 Å². The highest BCUT2D eigenvalue weighted by atomic mass is 16.5. The van der Waals surface area contributed by atoms with E-state index >= 15 is 0 Å². The van der Waals surface area contributed by atoms with Crippen molar-refractivity contribution in [3.8, 4) is 0 Å². The molecule has 1 aromatic rings. The summed E-state index contributed by atoms with van der Waals surface area (Å²) in [4.78, 5) is 15.9. The Morgan fingerprint density at radius 3 is 3.20 bits per heavy atom. The lowest BCUT2D eigenvalue weighted by Crippen LogP contribution is -2.28. The Hall–Kier alpha value is -1.73. The number of amides is 1. The molecule has 2 rings (SSSR count). The SMILES string of the molecule is C=C(C)COCCNC(=O)c1noc(C2CCCN2)n1. The maximum Gasteiger partial charge on any atom is 0.292 e. The van der Waals surface area contributed by atoms with E-state index in [-0.39, 0.29) is 17.8 Å². The summed E-state index contributed by atoms with van der Waals surface area (Å²) in [6, 6.07) is 0.0722. The summed E-state index contributed by atoms with van der Waals surface area (Å²) < 4.78 is 10.4. The van der Waals surface area contributed by atoms with E-state index in [1.54, 1.807) is 0 Å². The normalized spacial score (nSPS) is 18.1. The summed E-state index contributed by atoms with van der Waals surface area (Å²) in [5, 5.41) is 9.61. The molecule has 110 valence electrons. The Labute approximate surface area is 117 Å². The Kier molecular flexibility index (Phi) is 5.25. The molecule has 1 saturated heterocycles. The number of nitrogens with one attached hydrogen (secondary N) is 2. The van der Waals surface area contributed by atoms with Crippen molar-refractivity contribution in [1.29, 1.82) is 0 Å². The van der Waals surface area contributed by atoms with Gasteiger partial charge in [0.2, 0.25) is 5.89 Å². The maximum atomic E-state index is 11.8. The van der Waals surface area contributed by atoms with E-state index in [2.05, 4.69) is 27.4 Å². The van der Waals surface area contributed by atoms with Crippen LogP contribution in [-0.4, -0.2) is 42.4 Å². The summed E-state index contributed by atoms with van der Waals surface area (Å²) in [5.41, 5.74) is 0.947. The molecular weight excluding hydrogens is 260 g/mol. The highest BCUT2D eigenvalue weighted by molar-refractivity contribution is 5.90. The second kappa shape index (κ2) is 7.16. The molecule has 2 N–H and O–H groups in total. The lowest BCUT2D eigenvalue weighted by atomic mass is 10.2. The van der Waals surface area contributed by atoms with E-state index in [0.29, 0.717) is 25.6 Å². The molecule has 0 radical (unpaired) electrons. The van der Waals surface area contributed by atoms with Crippen LogP contribution in [0.5, 0.6) is 0 Å². The molecule has 1 aromatic heterocycles. The summed E-state index contributed by atoms with van der Waals surface area (Å²) in [5.74, 6) is 0.191. The molecule has 1 fully saturated rings. The summed E-state index contributed by atoms with van der Waals surface area (Å²) in [6.45, 7) is 7.87. The lowest BCUT2D eigenvalue weighted by Gasteiger charge is -2.04. The zero-order valence-electron chi connectivity index (χ0n) is 11.6. The Balaban J connectivity index is 1.73. The summed E-state index contributed by atoms with van der Waals surface area (Å²) in [6.07, 6.45) is 2.03. The fourth-order valence-corrected chi connectivity index (χ4v) is 1.93. The minimum atomic E-state index is -0.350. The van der Waals surface area contributed by atoms with Crippen molar-refractivity contribution in [2.75, 3.05) is 26.3 Å². The molecule has 1 unspecified atom stereocenters. The number of aromatic nitrogens is 2. The first-order valence-corrected chi connectivity index (χ1v) is 6.74. The zero-order chi connectivity index (χ0) is 14.4.